The standard InChI is InChI=1S/C13H15ClN2O2/c1-2-3-8-17-11-6-4-10(5-7-11)13-16-15-12(9-14)18-13/h4-7H,2-3,8-9H2,1H3. The first kappa shape index (κ1) is 12.9. The molecular weight excluding hydrogens is 252 g/mol. The Balaban J connectivity index is 2.02. The second-order valence-corrected chi connectivity index (χ2v) is 4.13. The van der Waals surface area contributed by atoms with Gasteiger partial charge >= 0.3 is 0 Å². The number of rotatable bonds is 6. The van der Waals surface area contributed by atoms with Gasteiger partial charge in [-0.1, -0.05) is 13.3 Å². The molecule has 2 rings (SSSR count). The maximum Gasteiger partial charge on any atom is 0.247 e. The lowest BCUT2D eigenvalue weighted by atomic mass is 10.2. The number of unbranched alkanes of at least 4 members (excludes halogenated alkanes) is 1. The number of alkyl halides is 1. The van der Waals surface area contributed by atoms with E-state index in [1.807, 2.05) is 24.3 Å². The second-order valence-electron chi connectivity index (χ2n) is 3.86. The highest BCUT2D eigenvalue weighted by atomic mass is 35.5. The summed E-state index contributed by atoms with van der Waals surface area (Å²) in [6, 6.07) is 7.59. The number of nitrogens with zero attached hydrogens (tertiary/aromatic N) is 2. The predicted molar refractivity (Wildman–Crippen MR) is 69.7 cm³/mol. The Hall–Kier alpha value is -1.55. The molecule has 4 nitrogen and oxygen atoms in total. The highest BCUT2D eigenvalue weighted by molar-refractivity contribution is 6.16. The summed E-state index contributed by atoms with van der Waals surface area (Å²) in [5.41, 5.74) is 0.863. The molecule has 0 unspecified atom stereocenters. The highest BCUT2D eigenvalue weighted by Crippen LogP contribution is 2.21. The molecule has 1 aromatic carbocycles. The number of hydrogen-bond acceptors (Lipinski definition) is 4. The summed E-state index contributed by atoms with van der Waals surface area (Å²) in [5.74, 6) is 1.98. The van der Waals surface area contributed by atoms with Gasteiger partial charge in [-0.05, 0) is 30.7 Å². The van der Waals surface area contributed by atoms with E-state index in [9.17, 15) is 0 Å². The summed E-state index contributed by atoms with van der Waals surface area (Å²) in [4.78, 5) is 0. The fourth-order valence-electron chi connectivity index (χ4n) is 1.45. The topological polar surface area (TPSA) is 48.2 Å². The molecule has 0 fully saturated rings. The Labute approximate surface area is 111 Å². The van der Waals surface area contributed by atoms with Gasteiger partial charge in [-0.2, -0.15) is 0 Å². The lowest BCUT2D eigenvalue weighted by Crippen LogP contribution is -1.95. The molecule has 0 saturated carbocycles. The quantitative estimate of drug-likeness (QED) is 0.591. The van der Waals surface area contributed by atoms with Gasteiger partial charge in [0, 0.05) is 5.56 Å². The Morgan fingerprint density at radius 3 is 2.61 bits per heavy atom. The maximum absolute atomic E-state index is 5.61. The van der Waals surface area contributed by atoms with Crippen LogP contribution in [0.3, 0.4) is 0 Å². The zero-order chi connectivity index (χ0) is 12.8. The Morgan fingerprint density at radius 2 is 2.00 bits per heavy atom. The van der Waals surface area contributed by atoms with Gasteiger partial charge in [0.05, 0.1) is 6.61 Å². The molecule has 18 heavy (non-hydrogen) atoms. The number of ether oxygens (including phenoxy) is 1. The van der Waals surface area contributed by atoms with Crippen LogP contribution in [0.25, 0.3) is 11.5 Å². The molecular formula is C13H15ClN2O2. The third-order valence-corrected chi connectivity index (χ3v) is 2.68. The minimum absolute atomic E-state index is 0.227. The molecule has 0 aliphatic rings. The molecule has 0 radical (unpaired) electrons. The number of aromatic nitrogens is 2. The van der Waals surface area contributed by atoms with Crippen molar-refractivity contribution < 1.29 is 9.15 Å². The highest BCUT2D eigenvalue weighted by Gasteiger charge is 2.07. The van der Waals surface area contributed by atoms with E-state index in [2.05, 4.69) is 17.1 Å². The molecule has 0 spiro atoms. The van der Waals surface area contributed by atoms with Gasteiger partial charge in [0.2, 0.25) is 11.8 Å². The number of halogens is 1. The lowest BCUT2D eigenvalue weighted by Gasteiger charge is -2.04. The van der Waals surface area contributed by atoms with Crippen LogP contribution < -0.4 is 4.74 Å². The van der Waals surface area contributed by atoms with E-state index in [0.717, 1.165) is 30.8 Å². The molecule has 1 aromatic heterocycles. The second kappa shape index (κ2) is 6.40. The minimum Gasteiger partial charge on any atom is -0.494 e. The monoisotopic (exact) mass is 266 g/mol. The average Bonchev–Trinajstić information content (AvgIpc) is 2.89. The van der Waals surface area contributed by atoms with Crippen molar-refractivity contribution in [2.45, 2.75) is 25.6 Å². The van der Waals surface area contributed by atoms with Crippen molar-refractivity contribution in [2.24, 2.45) is 0 Å². The normalized spacial score (nSPS) is 10.6. The van der Waals surface area contributed by atoms with Gasteiger partial charge in [-0.15, -0.1) is 21.8 Å². The van der Waals surface area contributed by atoms with Gasteiger partial charge in [0.1, 0.15) is 11.6 Å². The minimum atomic E-state index is 0.227. The van der Waals surface area contributed by atoms with Crippen molar-refractivity contribution in [1.82, 2.24) is 10.2 Å². The third kappa shape index (κ3) is 3.23. The van der Waals surface area contributed by atoms with Crippen molar-refractivity contribution in [3.8, 4) is 17.2 Å². The van der Waals surface area contributed by atoms with Crippen molar-refractivity contribution in [3.05, 3.63) is 30.2 Å². The summed E-state index contributed by atoms with van der Waals surface area (Å²) in [5, 5.41) is 7.73. The first-order valence-corrected chi connectivity index (χ1v) is 6.48. The van der Waals surface area contributed by atoms with Crippen LogP contribution >= 0.6 is 11.6 Å². The zero-order valence-corrected chi connectivity index (χ0v) is 11.0. The molecule has 2 aromatic rings. The van der Waals surface area contributed by atoms with E-state index < -0.39 is 0 Å². The summed E-state index contributed by atoms with van der Waals surface area (Å²) >= 11 is 5.61. The fraction of sp³-hybridized carbons (Fsp3) is 0.385. The fourth-order valence-corrected chi connectivity index (χ4v) is 1.56. The van der Waals surface area contributed by atoms with Gasteiger partial charge in [-0.3, -0.25) is 0 Å². The lowest BCUT2D eigenvalue weighted by molar-refractivity contribution is 0.309. The maximum atomic E-state index is 5.61. The molecule has 96 valence electrons. The van der Waals surface area contributed by atoms with E-state index in [4.69, 9.17) is 20.8 Å². The van der Waals surface area contributed by atoms with Crippen LogP contribution in [0.2, 0.25) is 0 Å². The van der Waals surface area contributed by atoms with Crippen molar-refractivity contribution in [1.29, 1.82) is 0 Å². The SMILES string of the molecule is CCCCOc1ccc(-c2nnc(CCl)o2)cc1. The van der Waals surface area contributed by atoms with Gasteiger partial charge < -0.3 is 9.15 Å². The van der Waals surface area contributed by atoms with Gasteiger partial charge in [0.25, 0.3) is 0 Å². The molecule has 5 heteroatoms. The first-order chi connectivity index (χ1) is 8.83. The van der Waals surface area contributed by atoms with E-state index in [-0.39, 0.29) is 5.88 Å². The van der Waals surface area contributed by atoms with Crippen LogP contribution in [0, 0.1) is 0 Å². The van der Waals surface area contributed by atoms with Crippen LogP contribution in [0.1, 0.15) is 25.7 Å². The smallest absolute Gasteiger partial charge is 0.247 e. The van der Waals surface area contributed by atoms with E-state index in [1.165, 1.54) is 0 Å². The molecule has 0 amide bonds. The van der Waals surface area contributed by atoms with Crippen LogP contribution in [0.5, 0.6) is 5.75 Å². The van der Waals surface area contributed by atoms with Crippen molar-refractivity contribution >= 4 is 11.6 Å². The number of benzene rings is 1. The first-order valence-electron chi connectivity index (χ1n) is 5.95. The van der Waals surface area contributed by atoms with Crippen molar-refractivity contribution in [2.75, 3.05) is 6.61 Å². The summed E-state index contributed by atoms with van der Waals surface area (Å²) in [6.07, 6.45) is 2.19. The van der Waals surface area contributed by atoms with Crippen molar-refractivity contribution in [3.63, 3.8) is 0 Å². The predicted octanol–water partition coefficient (Wildman–Crippen LogP) is 3.65. The molecule has 1 heterocycles. The van der Waals surface area contributed by atoms with Gasteiger partial charge in [0.15, 0.2) is 0 Å². The van der Waals surface area contributed by atoms with E-state index >= 15 is 0 Å². The zero-order valence-electron chi connectivity index (χ0n) is 10.2. The molecule has 0 N–H and O–H groups in total. The van der Waals surface area contributed by atoms with E-state index in [1.54, 1.807) is 0 Å². The Bertz CT molecular complexity index is 482. The van der Waals surface area contributed by atoms with Crippen LogP contribution in [0.4, 0.5) is 0 Å². The van der Waals surface area contributed by atoms with Gasteiger partial charge in [-0.25, -0.2) is 0 Å². The van der Waals surface area contributed by atoms with Crippen LogP contribution in [0.15, 0.2) is 28.7 Å². The summed E-state index contributed by atoms with van der Waals surface area (Å²) in [6.45, 7) is 2.88. The summed E-state index contributed by atoms with van der Waals surface area (Å²) < 4.78 is 10.9. The van der Waals surface area contributed by atoms with Crippen LogP contribution in [-0.4, -0.2) is 16.8 Å². The molecule has 0 bridgehead atoms. The molecule has 0 aliphatic carbocycles. The third-order valence-electron chi connectivity index (χ3n) is 2.45. The Morgan fingerprint density at radius 1 is 1.22 bits per heavy atom. The van der Waals surface area contributed by atoms with E-state index in [0.29, 0.717) is 11.8 Å². The molecule has 0 aliphatic heterocycles. The molecule has 0 saturated heterocycles. The van der Waals surface area contributed by atoms with Crippen LogP contribution in [-0.2, 0) is 5.88 Å². The number of hydrogen-bond donors (Lipinski definition) is 0. The molecule has 0 atom stereocenters. The Kier molecular flexibility index (Phi) is 4.59. The summed E-state index contributed by atoms with van der Waals surface area (Å²) in [7, 11) is 0. The average molecular weight is 267 g/mol. The largest absolute Gasteiger partial charge is 0.494 e.